The molecule has 0 unspecified atom stereocenters. The summed E-state index contributed by atoms with van der Waals surface area (Å²) < 4.78 is 0.882. The number of nitrogens with zero attached hydrogens (tertiary/aromatic N) is 3. The number of anilines is 2. The highest BCUT2D eigenvalue weighted by Gasteiger charge is 2.06. The van der Waals surface area contributed by atoms with Crippen molar-refractivity contribution >= 4 is 38.3 Å². The van der Waals surface area contributed by atoms with Gasteiger partial charge in [0.15, 0.2) is 0 Å². The first-order valence-corrected chi connectivity index (χ1v) is 6.73. The average molecular weight is 325 g/mol. The highest BCUT2D eigenvalue weighted by Crippen LogP contribution is 2.26. The number of hydrogen-bond acceptors (Lipinski definition) is 4. The lowest BCUT2D eigenvalue weighted by atomic mass is 10.2. The first-order chi connectivity index (χ1) is 9.78. The summed E-state index contributed by atoms with van der Waals surface area (Å²) in [6, 6.07) is 13.3. The van der Waals surface area contributed by atoms with Gasteiger partial charge in [-0.2, -0.15) is 5.26 Å². The Bertz CT molecular complexity index is 823. The van der Waals surface area contributed by atoms with E-state index in [0.717, 1.165) is 26.9 Å². The summed E-state index contributed by atoms with van der Waals surface area (Å²) in [5.41, 5.74) is 3.73. The van der Waals surface area contributed by atoms with Gasteiger partial charge in [-0.05, 0) is 40.2 Å². The lowest BCUT2D eigenvalue weighted by Crippen LogP contribution is -1.96. The molecule has 0 radical (unpaired) electrons. The van der Waals surface area contributed by atoms with Crippen LogP contribution in [0.5, 0.6) is 0 Å². The molecule has 0 spiro atoms. The van der Waals surface area contributed by atoms with Crippen molar-refractivity contribution < 1.29 is 0 Å². The zero-order valence-corrected chi connectivity index (χ0v) is 11.9. The number of fused-ring (bicyclic) bond motifs is 1. The van der Waals surface area contributed by atoms with Crippen LogP contribution in [0.1, 0.15) is 5.56 Å². The highest BCUT2D eigenvalue weighted by atomic mass is 79.9. The van der Waals surface area contributed by atoms with E-state index >= 15 is 0 Å². The molecule has 1 N–H and O–H groups in total. The molecule has 5 heteroatoms. The molecule has 0 bridgehead atoms. The second-order valence-electron chi connectivity index (χ2n) is 4.16. The molecule has 0 atom stereocenters. The number of benzene rings is 1. The van der Waals surface area contributed by atoms with Crippen LogP contribution in [0.2, 0.25) is 0 Å². The molecule has 0 aliphatic heterocycles. The number of para-hydroxylation sites is 1. The van der Waals surface area contributed by atoms with Gasteiger partial charge in [-0.15, -0.1) is 0 Å². The van der Waals surface area contributed by atoms with Crippen molar-refractivity contribution in [1.82, 2.24) is 9.97 Å². The molecule has 3 rings (SSSR count). The van der Waals surface area contributed by atoms with Crippen molar-refractivity contribution in [3.63, 3.8) is 0 Å². The second-order valence-corrected chi connectivity index (χ2v) is 5.08. The van der Waals surface area contributed by atoms with Crippen LogP contribution in [0.25, 0.3) is 11.0 Å². The topological polar surface area (TPSA) is 61.6 Å². The normalized spacial score (nSPS) is 10.2. The number of aromatic nitrogens is 2. The van der Waals surface area contributed by atoms with Crippen LogP contribution in [0.15, 0.2) is 53.3 Å². The van der Waals surface area contributed by atoms with Crippen LogP contribution in [0.4, 0.5) is 11.4 Å². The van der Waals surface area contributed by atoms with Gasteiger partial charge in [0.05, 0.1) is 22.5 Å². The van der Waals surface area contributed by atoms with E-state index in [1.807, 2.05) is 30.3 Å². The van der Waals surface area contributed by atoms with Crippen molar-refractivity contribution in [1.29, 1.82) is 5.26 Å². The molecule has 96 valence electrons. The van der Waals surface area contributed by atoms with Gasteiger partial charge in [0, 0.05) is 16.9 Å². The van der Waals surface area contributed by atoms with Crippen LogP contribution in [0, 0.1) is 11.3 Å². The molecule has 2 heterocycles. The molecule has 2 aromatic heterocycles. The third-order valence-corrected chi connectivity index (χ3v) is 3.29. The maximum atomic E-state index is 9.12. The molecular formula is C15H9BrN4. The van der Waals surface area contributed by atoms with E-state index in [4.69, 9.17) is 5.26 Å². The number of pyridine rings is 2. The fourth-order valence-electron chi connectivity index (χ4n) is 1.94. The number of nitriles is 1. The molecule has 1 aromatic carbocycles. The van der Waals surface area contributed by atoms with Gasteiger partial charge in [0.1, 0.15) is 11.6 Å². The first-order valence-electron chi connectivity index (χ1n) is 5.94. The maximum Gasteiger partial charge on any atom is 0.112 e. The van der Waals surface area contributed by atoms with Crippen LogP contribution in [0.3, 0.4) is 0 Å². The van der Waals surface area contributed by atoms with E-state index < -0.39 is 0 Å². The summed E-state index contributed by atoms with van der Waals surface area (Å²) in [4.78, 5) is 8.67. The molecular weight excluding hydrogens is 316 g/mol. The fraction of sp³-hybridized carbons (Fsp3) is 0. The number of hydrogen-bond donors (Lipinski definition) is 1. The molecule has 3 aromatic rings. The Kier molecular flexibility index (Phi) is 3.32. The zero-order chi connectivity index (χ0) is 13.9. The highest BCUT2D eigenvalue weighted by molar-refractivity contribution is 9.10. The van der Waals surface area contributed by atoms with E-state index in [2.05, 4.69) is 37.3 Å². The number of halogens is 1. The summed E-state index contributed by atoms with van der Waals surface area (Å²) >= 11 is 3.38. The van der Waals surface area contributed by atoms with Gasteiger partial charge in [0.2, 0.25) is 0 Å². The van der Waals surface area contributed by atoms with Crippen LogP contribution in [-0.4, -0.2) is 9.97 Å². The van der Waals surface area contributed by atoms with Gasteiger partial charge in [-0.1, -0.05) is 12.1 Å². The van der Waals surface area contributed by atoms with Crippen molar-refractivity contribution in [3.05, 3.63) is 58.8 Å². The predicted molar refractivity (Wildman–Crippen MR) is 81.7 cm³/mol. The Morgan fingerprint density at radius 3 is 2.80 bits per heavy atom. The Hall–Kier alpha value is -2.45. The minimum atomic E-state index is 0.592. The summed E-state index contributed by atoms with van der Waals surface area (Å²) in [7, 11) is 0. The molecule has 4 nitrogen and oxygen atoms in total. The molecule has 20 heavy (non-hydrogen) atoms. The molecule has 0 aliphatic carbocycles. The van der Waals surface area contributed by atoms with Crippen LogP contribution < -0.4 is 5.32 Å². The minimum Gasteiger partial charge on any atom is -0.353 e. The molecule has 0 aliphatic rings. The van der Waals surface area contributed by atoms with Gasteiger partial charge >= 0.3 is 0 Å². The van der Waals surface area contributed by atoms with Gasteiger partial charge in [-0.3, -0.25) is 9.97 Å². The summed E-state index contributed by atoms with van der Waals surface area (Å²) in [6.07, 6.45) is 3.44. The van der Waals surface area contributed by atoms with Gasteiger partial charge < -0.3 is 5.32 Å². The Labute approximate surface area is 124 Å². The quantitative estimate of drug-likeness (QED) is 0.773. The van der Waals surface area contributed by atoms with E-state index in [9.17, 15) is 0 Å². The first kappa shape index (κ1) is 12.6. The van der Waals surface area contributed by atoms with Gasteiger partial charge in [0.25, 0.3) is 0 Å². The van der Waals surface area contributed by atoms with E-state index in [-0.39, 0.29) is 0 Å². The van der Waals surface area contributed by atoms with E-state index in [1.54, 1.807) is 18.5 Å². The lowest BCUT2D eigenvalue weighted by molar-refractivity contribution is 1.32. The van der Waals surface area contributed by atoms with E-state index in [0.29, 0.717) is 5.56 Å². The molecule has 0 fully saturated rings. The Morgan fingerprint density at radius 2 is 1.95 bits per heavy atom. The third kappa shape index (κ3) is 2.33. The zero-order valence-electron chi connectivity index (χ0n) is 10.3. The number of rotatable bonds is 2. The Morgan fingerprint density at radius 1 is 1.10 bits per heavy atom. The SMILES string of the molecule is N#Cc1ccccc1Nc1ccnc2cc(Br)cnc12. The maximum absolute atomic E-state index is 9.12. The second kappa shape index (κ2) is 5.27. The summed E-state index contributed by atoms with van der Waals surface area (Å²) in [5, 5.41) is 12.4. The molecule has 0 amide bonds. The van der Waals surface area contributed by atoms with Crippen molar-refractivity contribution in [2.75, 3.05) is 5.32 Å². The molecule has 0 saturated carbocycles. The van der Waals surface area contributed by atoms with Gasteiger partial charge in [-0.25, -0.2) is 0 Å². The monoisotopic (exact) mass is 324 g/mol. The fourth-order valence-corrected chi connectivity index (χ4v) is 2.26. The smallest absolute Gasteiger partial charge is 0.112 e. The van der Waals surface area contributed by atoms with E-state index in [1.165, 1.54) is 0 Å². The largest absolute Gasteiger partial charge is 0.353 e. The molecule has 0 saturated heterocycles. The number of nitrogens with one attached hydrogen (secondary N) is 1. The van der Waals surface area contributed by atoms with Crippen LogP contribution >= 0.6 is 15.9 Å². The minimum absolute atomic E-state index is 0.592. The standard InChI is InChI=1S/C15H9BrN4/c16-11-7-14-15(19-9-11)13(5-6-18-14)20-12-4-2-1-3-10(12)8-17/h1-7,9H,(H,18,20). The average Bonchev–Trinajstić information content (AvgIpc) is 2.47. The van der Waals surface area contributed by atoms with Crippen molar-refractivity contribution in [2.45, 2.75) is 0 Å². The van der Waals surface area contributed by atoms with Crippen molar-refractivity contribution in [2.24, 2.45) is 0 Å². The van der Waals surface area contributed by atoms with Crippen molar-refractivity contribution in [3.8, 4) is 6.07 Å². The predicted octanol–water partition coefficient (Wildman–Crippen LogP) is 4.01. The lowest BCUT2D eigenvalue weighted by Gasteiger charge is -2.10. The summed E-state index contributed by atoms with van der Waals surface area (Å²) in [6.45, 7) is 0. The summed E-state index contributed by atoms with van der Waals surface area (Å²) in [5.74, 6) is 0. The third-order valence-electron chi connectivity index (χ3n) is 2.86. The van der Waals surface area contributed by atoms with Crippen LogP contribution in [-0.2, 0) is 0 Å². The Balaban J connectivity index is 2.10.